The number of hydrogen-bond acceptors (Lipinski definition) is 5. The summed E-state index contributed by atoms with van der Waals surface area (Å²) in [4.78, 5) is 15.2. The summed E-state index contributed by atoms with van der Waals surface area (Å²) >= 11 is 0. The average Bonchev–Trinajstić information content (AvgIpc) is 2.69. The lowest BCUT2D eigenvalue weighted by atomic mass is 10.2. The summed E-state index contributed by atoms with van der Waals surface area (Å²) in [7, 11) is 1.64. The van der Waals surface area contributed by atoms with E-state index in [0.29, 0.717) is 31.3 Å². The van der Waals surface area contributed by atoms with Gasteiger partial charge in [-0.25, -0.2) is 4.99 Å². The molecular weight excluding hydrogens is 346 g/mol. The fourth-order valence-corrected chi connectivity index (χ4v) is 2.50. The molecule has 0 heterocycles. The molecule has 27 heavy (non-hydrogen) atoms. The summed E-state index contributed by atoms with van der Waals surface area (Å²) in [5, 5.41) is 20.5. The Balaban J connectivity index is 1.90. The van der Waals surface area contributed by atoms with Crippen molar-refractivity contribution in [1.29, 1.82) is 0 Å². The standard InChI is InChI=1S/C19H25N5O3/c1-3-20-19(23-14-15-8-4-7-11-18(15)27-2)22-13-12-21-16-9-5-6-10-17(16)24(25)26/h4-11,21H,3,12-14H2,1-2H3,(H2,20,22,23). The lowest BCUT2D eigenvalue weighted by Crippen LogP contribution is -2.39. The number of guanidine groups is 1. The summed E-state index contributed by atoms with van der Waals surface area (Å²) in [5.74, 6) is 1.47. The van der Waals surface area contributed by atoms with Crippen LogP contribution in [-0.2, 0) is 6.54 Å². The van der Waals surface area contributed by atoms with Crippen molar-refractivity contribution in [2.24, 2.45) is 4.99 Å². The molecule has 0 spiro atoms. The molecule has 144 valence electrons. The fraction of sp³-hybridized carbons (Fsp3) is 0.316. The van der Waals surface area contributed by atoms with Crippen LogP contribution in [0.1, 0.15) is 12.5 Å². The van der Waals surface area contributed by atoms with Gasteiger partial charge in [0.2, 0.25) is 0 Å². The minimum Gasteiger partial charge on any atom is -0.496 e. The number of hydrogen-bond donors (Lipinski definition) is 3. The predicted octanol–water partition coefficient (Wildman–Crippen LogP) is 2.77. The van der Waals surface area contributed by atoms with Crippen LogP contribution in [0.5, 0.6) is 5.75 Å². The molecule has 0 atom stereocenters. The molecule has 0 fully saturated rings. The summed E-state index contributed by atoms with van der Waals surface area (Å²) < 4.78 is 5.34. The van der Waals surface area contributed by atoms with Crippen LogP contribution in [0.4, 0.5) is 11.4 Å². The van der Waals surface area contributed by atoms with E-state index in [9.17, 15) is 10.1 Å². The van der Waals surface area contributed by atoms with Gasteiger partial charge in [-0.1, -0.05) is 30.3 Å². The molecule has 0 saturated carbocycles. The second-order valence-corrected chi connectivity index (χ2v) is 5.63. The maximum atomic E-state index is 11.0. The van der Waals surface area contributed by atoms with E-state index in [2.05, 4.69) is 20.9 Å². The van der Waals surface area contributed by atoms with Gasteiger partial charge in [0, 0.05) is 31.3 Å². The van der Waals surface area contributed by atoms with Gasteiger partial charge >= 0.3 is 0 Å². The zero-order chi connectivity index (χ0) is 19.5. The van der Waals surface area contributed by atoms with Crippen LogP contribution in [0.3, 0.4) is 0 Å². The molecular formula is C19H25N5O3. The van der Waals surface area contributed by atoms with E-state index in [1.807, 2.05) is 31.2 Å². The number of rotatable bonds is 9. The van der Waals surface area contributed by atoms with Crippen LogP contribution in [0.25, 0.3) is 0 Å². The summed E-state index contributed by atoms with van der Waals surface area (Å²) in [6, 6.07) is 14.3. The molecule has 0 aliphatic carbocycles. The molecule has 0 aliphatic rings. The molecule has 2 rings (SSSR count). The van der Waals surface area contributed by atoms with E-state index >= 15 is 0 Å². The first-order valence-electron chi connectivity index (χ1n) is 8.77. The first kappa shape index (κ1) is 20.0. The monoisotopic (exact) mass is 371 g/mol. The topological polar surface area (TPSA) is 101 Å². The molecule has 0 saturated heterocycles. The van der Waals surface area contributed by atoms with Gasteiger partial charge in [-0.15, -0.1) is 0 Å². The van der Waals surface area contributed by atoms with Crippen LogP contribution in [0.15, 0.2) is 53.5 Å². The number of nitro groups is 1. The molecule has 0 amide bonds. The van der Waals surface area contributed by atoms with Crippen molar-refractivity contribution in [2.45, 2.75) is 13.5 Å². The van der Waals surface area contributed by atoms with Crippen molar-refractivity contribution in [3.8, 4) is 5.75 Å². The lowest BCUT2D eigenvalue weighted by molar-refractivity contribution is -0.384. The van der Waals surface area contributed by atoms with Crippen molar-refractivity contribution in [3.05, 3.63) is 64.2 Å². The number of anilines is 1. The SMILES string of the molecule is CCNC(=NCc1ccccc1OC)NCCNc1ccccc1[N+](=O)[O-]. The van der Waals surface area contributed by atoms with Crippen LogP contribution in [0, 0.1) is 10.1 Å². The Kier molecular flexibility index (Phi) is 7.90. The molecule has 2 aromatic carbocycles. The second-order valence-electron chi connectivity index (χ2n) is 5.63. The summed E-state index contributed by atoms with van der Waals surface area (Å²) in [6.07, 6.45) is 0. The molecule has 3 N–H and O–H groups in total. The maximum Gasteiger partial charge on any atom is 0.292 e. The maximum absolute atomic E-state index is 11.0. The van der Waals surface area contributed by atoms with Crippen LogP contribution < -0.4 is 20.7 Å². The van der Waals surface area contributed by atoms with Gasteiger partial charge in [0.1, 0.15) is 11.4 Å². The number of benzene rings is 2. The molecule has 0 bridgehead atoms. The van der Waals surface area contributed by atoms with E-state index in [0.717, 1.165) is 17.9 Å². The van der Waals surface area contributed by atoms with Crippen molar-refractivity contribution < 1.29 is 9.66 Å². The number of ether oxygens (including phenoxy) is 1. The van der Waals surface area contributed by atoms with Crippen molar-refractivity contribution in [3.63, 3.8) is 0 Å². The molecule has 0 aromatic heterocycles. The van der Waals surface area contributed by atoms with E-state index < -0.39 is 4.92 Å². The van der Waals surface area contributed by atoms with Gasteiger partial charge < -0.3 is 20.7 Å². The third kappa shape index (κ3) is 6.18. The number of aliphatic imine (C=N–C) groups is 1. The molecule has 8 heteroatoms. The molecule has 2 aromatic rings. The molecule has 8 nitrogen and oxygen atoms in total. The fourth-order valence-electron chi connectivity index (χ4n) is 2.50. The number of nitrogens with one attached hydrogen (secondary N) is 3. The van der Waals surface area contributed by atoms with E-state index in [1.54, 1.807) is 25.3 Å². The van der Waals surface area contributed by atoms with Gasteiger partial charge in [-0.2, -0.15) is 0 Å². The van der Waals surface area contributed by atoms with Gasteiger partial charge in [0.15, 0.2) is 5.96 Å². The Morgan fingerprint density at radius 2 is 1.85 bits per heavy atom. The van der Waals surface area contributed by atoms with Crippen LogP contribution in [-0.4, -0.2) is 37.6 Å². The largest absolute Gasteiger partial charge is 0.496 e. The molecule has 0 aliphatic heterocycles. The smallest absolute Gasteiger partial charge is 0.292 e. The van der Waals surface area contributed by atoms with Gasteiger partial charge in [-0.05, 0) is 19.1 Å². The number of methoxy groups -OCH3 is 1. The Labute approximate surface area is 158 Å². The van der Waals surface area contributed by atoms with E-state index in [1.165, 1.54) is 6.07 Å². The third-order valence-electron chi connectivity index (χ3n) is 3.78. The summed E-state index contributed by atoms with van der Waals surface area (Å²) in [6.45, 7) is 4.28. The highest BCUT2D eigenvalue weighted by atomic mass is 16.6. The highest BCUT2D eigenvalue weighted by molar-refractivity contribution is 5.79. The predicted molar refractivity (Wildman–Crippen MR) is 107 cm³/mol. The quantitative estimate of drug-likeness (QED) is 0.206. The second kappa shape index (κ2) is 10.6. The Morgan fingerprint density at radius 1 is 1.11 bits per heavy atom. The first-order valence-corrected chi connectivity index (χ1v) is 8.77. The highest BCUT2D eigenvalue weighted by Gasteiger charge is 2.11. The normalized spacial score (nSPS) is 11.0. The Bertz CT molecular complexity index is 779. The van der Waals surface area contributed by atoms with Gasteiger partial charge in [-0.3, -0.25) is 10.1 Å². The van der Waals surface area contributed by atoms with Gasteiger partial charge in [0.05, 0.1) is 18.6 Å². The van der Waals surface area contributed by atoms with Crippen molar-refractivity contribution >= 4 is 17.3 Å². The van der Waals surface area contributed by atoms with E-state index in [-0.39, 0.29) is 5.69 Å². The highest BCUT2D eigenvalue weighted by Crippen LogP contribution is 2.22. The molecule has 0 radical (unpaired) electrons. The number of nitro benzene ring substituents is 1. The Morgan fingerprint density at radius 3 is 2.59 bits per heavy atom. The first-order chi connectivity index (χ1) is 13.2. The minimum atomic E-state index is -0.394. The number of nitrogens with zero attached hydrogens (tertiary/aromatic N) is 2. The van der Waals surface area contributed by atoms with Crippen molar-refractivity contribution in [1.82, 2.24) is 10.6 Å². The van der Waals surface area contributed by atoms with Crippen LogP contribution in [0.2, 0.25) is 0 Å². The lowest BCUT2D eigenvalue weighted by Gasteiger charge is -2.13. The zero-order valence-electron chi connectivity index (χ0n) is 15.6. The van der Waals surface area contributed by atoms with Gasteiger partial charge in [0.25, 0.3) is 5.69 Å². The third-order valence-corrected chi connectivity index (χ3v) is 3.78. The zero-order valence-corrected chi connectivity index (χ0v) is 15.6. The average molecular weight is 371 g/mol. The summed E-state index contributed by atoms with van der Waals surface area (Å²) in [5.41, 5.74) is 1.56. The molecule has 0 unspecified atom stereocenters. The minimum absolute atomic E-state index is 0.0641. The Hall–Kier alpha value is -3.29. The van der Waals surface area contributed by atoms with E-state index in [4.69, 9.17) is 4.74 Å². The van der Waals surface area contributed by atoms with Crippen molar-refractivity contribution in [2.75, 3.05) is 32.1 Å². The van der Waals surface area contributed by atoms with Crippen LogP contribution >= 0.6 is 0 Å². The number of para-hydroxylation sites is 3.